The second-order valence-corrected chi connectivity index (χ2v) is 3.04. The molecule has 14 heavy (non-hydrogen) atoms. The number of H-pyrrole nitrogens is 1. The highest BCUT2D eigenvalue weighted by Crippen LogP contribution is 1.99. The van der Waals surface area contributed by atoms with Gasteiger partial charge in [-0.15, -0.1) is 0 Å². The summed E-state index contributed by atoms with van der Waals surface area (Å²) >= 11 is 0. The van der Waals surface area contributed by atoms with Crippen molar-refractivity contribution in [1.82, 2.24) is 9.97 Å². The molecule has 1 aromatic heterocycles. The molecule has 0 aliphatic rings. The normalized spacial score (nSPS) is 10.2. The number of ether oxygens (including phenoxy) is 1. The van der Waals surface area contributed by atoms with Crippen molar-refractivity contribution < 1.29 is 4.74 Å². The number of aromatic nitrogens is 2. The molecule has 0 aliphatic carbocycles. The summed E-state index contributed by atoms with van der Waals surface area (Å²) in [6.45, 7) is 4.77. The predicted octanol–water partition coefficient (Wildman–Crippen LogP) is 0.445. The zero-order valence-corrected chi connectivity index (χ0v) is 8.68. The monoisotopic (exact) mass is 197 g/mol. The Balaban J connectivity index is 2.75. The summed E-state index contributed by atoms with van der Waals surface area (Å²) in [4.78, 5) is 18.2. The van der Waals surface area contributed by atoms with Crippen LogP contribution in [0.3, 0.4) is 0 Å². The average molecular weight is 197 g/mol. The van der Waals surface area contributed by atoms with Gasteiger partial charge < -0.3 is 10.1 Å². The van der Waals surface area contributed by atoms with Gasteiger partial charge in [-0.05, 0) is 13.8 Å². The van der Waals surface area contributed by atoms with Crippen molar-refractivity contribution in [3.63, 3.8) is 0 Å². The van der Waals surface area contributed by atoms with Gasteiger partial charge in [-0.25, -0.2) is 4.98 Å². The largest absolute Gasteiger partial charge is 0.383 e. The van der Waals surface area contributed by atoms with E-state index < -0.39 is 0 Å². The van der Waals surface area contributed by atoms with Crippen molar-refractivity contribution in [1.29, 1.82) is 0 Å². The third-order valence-electron chi connectivity index (χ3n) is 1.99. The second-order valence-electron chi connectivity index (χ2n) is 3.04. The van der Waals surface area contributed by atoms with Crippen molar-refractivity contribution in [2.24, 2.45) is 0 Å². The highest BCUT2D eigenvalue weighted by atomic mass is 16.5. The van der Waals surface area contributed by atoms with Crippen molar-refractivity contribution in [3.05, 3.63) is 21.6 Å². The van der Waals surface area contributed by atoms with E-state index in [1.165, 1.54) is 0 Å². The van der Waals surface area contributed by atoms with Gasteiger partial charge in [0, 0.05) is 24.9 Å². The minimum Gasteiger partial charge on any atom is -0.383 e. The van der Waals surface area contributed by atoms with Gasteiger partial charge >= 0.3 is 0 Å². The number of methoxy groups -OCH3 is 1. The SMILES string of the molecule is COCCNc1nc(C)c(C)c(=O)[nH]1. The fourth-order valence-electron chi connectivity index (χ4n) is 1.00. The molecule has 1 heterocycles. The van der Waals surface area contributed by atoms with E-state index in [2.05, 4.69) is 15.3 Å². The van der Waals surface area contributed by atoms with Gasteiger partial charge in [0.25, 0.3) is 5.56 Å². The quantitative estimate of drug-likeness (QED) is 0.687. The zero-order chi connectivity index (χ0) is 10.6. The topological polar surface area (TPSA) is 67.0 Å². The molecule has 0 amide bonds. The molecule has 5 nitrogen and oxygen atoms in total. The molecule has 5 heteroatoms. The number of nitrogens with zero attached hydrogens (tertiary/aromatic N) is 1. The Bertz CT molecular complexity index is 360. The molecule has 78 valence electrons. The van der Waals surface area contributed by atoms with Crippen LogP contribution in [0.15, 0.2) is 4.79 Å². The van der Waals surface area contributed by atoms with Crippen LogP contribution in [0.1, 0.15) is 11.3 Å². The van der Waals surface area contributed by atoms with Crippen LogP contribution in [-0.4, -0.2) is 30.2 Å². The standard InChI is InChI=1S/C9H15N3O2/c1-6-7(2)11-9(12-8(6)13)10-4-5-14-3/h4-5H2,1-3H3,(H2,10,11,12,13). The molecule has 0 bridgehead atoms. The Morgan fingerprint density at radius 1 is 1.50 bits per heavy atom. The van der Waals surface area contributed by atoms with Gasteiger partial charge in [0.1, 0.15) is 0 Å². The van der Waals surface area contributed by atoms with E-state index in [-0.39, 0.29) is 5.56 Å². The molecule has 0 aliphatic heterocycles. The Labute approximate surface area is 82.5 Å². The predicted molar refractivity (Wildman–Crippen MR) is 54.7 cm³/mol. The first-order valence-electron chi connectivity index (χ1n) is 4.45. The first kappa shape index (κ1) is 10.7. The van der Waals surface area contributed by atoms with Crippen LogP contribution in [0.4, 0.5) is 5.95 Å². The molecule has 2 N–H and O–H groups in total. The van der Waals surface area contributed by atoms with Crippen LogP contribution < -0.4 is 10.9 Å². The van der Waals surface area contributed by atoms with E-state index in [9.17, 15) is 4.79 Å². The Kier molecular flexibility index (Phi) is 3.64. The summed E-state index contributed by atoms with van der Waals surface area (Å²) < 4.78 is 4.87. The number of rotatable bonds is 4. The van der Waals surface area contributed by atoms with Gasteiger partial charge in [-0.3, -0.25) is 9.78 Å². The number of nitrogens with one attached hydrogen (secondary N) is 2. The molecule has 0 saturated carbocycles. The number of aromatic amines is 1. The van der Waals surface area contributed by atoms with Gasteiger partial charge in [0.05, 0.1) is 6.61 Å². The van der Waals surface area contributed by atoms with Crippen LogP contribution in [0, 0.1) is 13.8 Å². The lowest BCUT2D eigenvalue weighted by molar-refractivity contribution is 0.210. The fraction of sp³-hybridized carbons (Fsp3) is 0.556. The lowest BCUT2D eigenvalue weighted by Gasteiger charge is -2.06. The molecule has 0 saturated heterocycles. The third-order valence-corrected chi connectivity index (χ3v) is 1.99. The summed E-state index contributed by atoms with van der Waals surface area (Å²) in [7, 11) is 1.62. The van der Waals surface area contributed by atoms with E-state index in [0.29, 0.717) is 24.7 Å². The highest BCUT2D eigenvalue weighted by molar-refractivity contribution is 5.28. The van der Waals surface area contributed by atoms with Gasteiger partial charge in [0.2, 0.25) is 5.95 Å². The Morgan fingerprint density at radius 3 is 2.79 bits per heavy atom. The summed E-state index contributed by atoms with van der Waals surface area (Å²) in [5.41, 5.74) is 1.30. The number of aryl methyl sites for hydroxylation is 1. The van der Waals surface area contributed by atoms with Crippen molar-refractivity contribution in [2.75, 3.05) is 25.6 Å². The molecule has 0 atom stereocenters. The maximum absolute atomic E-state index is 11.3. The van der Waals surface area contributed by atoms with Crippen molar-refractivity contribution in [2.45, 2.75) is 13.8 Å². The van der Waals surface area contributed by atoms with Crippen LogP contribution >= 0.6 is 0 Å². The maximum atomic E-state index is 11.3. The molecule has 1 rings (SSSR count). The zero-order valence-electron chi connectivity index (χ0n) is 8.68. The molecular formula is C9H15N3O2. The highest BCUT2D eigenvalue weighted by Gasteiger charge is 2.01. The Morgan fingerprint density at radius 2 is 2.21 bits per heavy atom. The maximum Gasteiger partial charge on any atom is 0.255 e. The second kappa shape index (κ2) is 4.76. The molecule has 0 spiro atoms. The smallest absolute Gasteiger partial charge is 0.255 e. The van der Waals surface area contributed by atoms with Crippen LogP contribution in [0.2, 0.25) is 0 Å². The number of hydrogen-bond donors (Lipinski definition) is 2. The lowest BCUT2D eigenvalue weighted by Crippen LogP contribution is -2.18. The number of hydrogen-bond acceptors (Lipinski definition) is 4. The van der Waals surface area contributed by atoms with Crippen LogP contribution in [0.25, 0.3) is 0 Å². The number of anilines is 1. The molecule has 1 aromatic rings. The Hall–Kier alpha value is -1.36. The molecular weight excluding hydrogens is 182 g/mol. The van der Waals surface area contributed by atoms with E-state index in [0.717, 1.165) is 5.69 Å². The fourth-order valence-corrected chi connectivity index (χ4v) is 1.00. The molecule has 0 unspecified atom stereocenters. The minimum atomic E-state index is -0.0996. The molecule has 0 aromatic carbocycles. The van der Waals surface area contributed by atoms with E-state index in [4.69, 9.17) is 4.74 Å². The van der Waals surface area contributed by atoms with Gasteiger partial charge in [-0.2, -0.15) is 0 Å². The van der Waals surface area contributed by atoms with Gasteiger partial charge in [-0.1, -0.05) is 0 Å². The van der Waals surface area contributed by atoms with Crippen LogP contribution in [-0.2, 0) is 4.74 Å². The lowest BCUT2D eigenvalue weighted by atomic mass is 10.3. The van der Waals surface area contributed by atoms with Crippen LogP contribution in [0.5, 0.6) is 0 Å². The molecule has 0 fully saturated rings. The summed E-state index contributed by atoms with van der Waals surface area (Å²) in [6.07, 6.45) is 0. The summed E-state index contributed by atoms with van der Waals surface area (Å²) in [5, 5.41) is 2.96. The molecule has 0 radical (unpaired) electrons. The third kappa shape index (κ3) is 2.56. The average Bonchev–Trinajstić information content (AvgIpc) is 2.14. The van der Waals surface area contributed by atoms with Crippen molar-refractivity contribution >= 4 is 5.95 Å². The minimum absolute atomic E-state index is 0.0996. The summed E-state index contributed by atoms with van der Waals surface area (Å²) in [5.74, 6) is 0.496. The van der Waals surface area contributed by atoms with E-state index in [1.54, 1.807) is 14.0 Å². The first-order valence-corrected chi connectivity index (χ1v) is 4.45. The van der Waals surface area contributed by atoms with Gasteiger partial charge in [0.15, 0.2) is 0 Å². The van der Waals surface area contributed by atoms with Crippen molar-refractivity contribution in [3.8, 4) is 0 Å². The van der Waals surface area contributed by atoms with E-state index in [1.807, 2.05) is 6.92 Å². The summed E-state index contributed by atoms with van der Waals surface area (Å²) in [6, 6.07) is 0. The van der Waals surface area contributed by atoms with E-state index >= 15 is 0 Å². The first-order chi connectivity index (χ1) is 6.65.